The first kappa shape index (κ1) is 8.73. The van der Waals surface area contributed by atoms with Crippen LogP contribution in [0.5, 0.6) is 0 Å². The van der Waals surface area contributed by atoms with Crippen LogP contribution >= 0.6 is 0 Å². The molecule has 0 fully saturated rings. The number of carbonyl (C=O) groups is 1. The van der Waals surface area contributed by atoms with E-state index in [2.05, 4.69) is 9.97 Å². The van der Waals surface area contributed by atoms with Crippen LogP contribution in [0, 0.1) is 0 Å². The van der Waals surface area contributed by atoms with Crippen LogP contribution in [0.25, 0.3) is 0 Å². The van der Waals surface area contributed by atoms with Gasteiger partial charge in [0.05, 0.1) is 18.7 Å². The van der Waals surface area contributed by atoms with Crippen LogP contribution in [-0.2, 0) is 17.6 Å². The summed E-state index contributed by atoms with van der Waals surface area (Å²) in [6.45, 7) is 0.0139. The summed E-state index contributed by atoms with van der Waals surface area (Å²) in [5.74, 6) is -0.286. The number of aromatic amines is 1. The number of nitrogens with one attached hydrogen (secondary N) is 1. The van der Waals surface area contributed by atoms with Gasteiger partial charge < -0.3 is 15.2 Å². The van der Waals surface area contributed by atoms with Gasteiger partial charge in [-0.1, -0.05) is 0 Å². The molecule has 0 atom stereocenters. The Hall–Kier alpha value is -1.36. The monoisotopic (exact) mass is 170 g/mol. The van der Waals surface area contributed by atoms with E-state index >= 15 is 0 Å². The number of aliphatic carboxylic acids is 1. The molecule has 0 saturated carbocycles. The van der Waals surface area contributed by atoms with Crippen molar-refractivity contribution in [1.82, 2.24) is 9.97 Å². The van der Waals surface area contributed by atoms with Crippen LogP contribution in [0.1, 0.15) is 11.5 Å². The molecule has 1 rings (SSSR count). The molecule has 12 heavy (non-hydrogen) atoms. The standard InChI is InChI=1S/C7H10N2O3/c10-2-1-6-8-4-5(9-6)3-7(11)12/h4,10H,1-3H2,(H,8,9)(H,11,12). The Morgan fingerprint density at radius 2 is 2.42 bits per heavy atom. The Morgan fingerprint density at radius 3 is 3.00 bits per heavy atom. The molecule has 0 aliphatic carbocycles. The SMILES string of the molecule is O=C(O)Cc1c[nH]c(CCO)n1. The van der Waals surface area contributed by atoms with Crippen LogP contribution in [0.3, 0.4) is 0 Å². The Balaban J connectivity index is 2.58. The lowest BCUT2D eigenvalue weighted by atomic mass is 10.3. The number of nitrogens with zero attached hydrogens (tertiary/aromatic N) is 1. The summed E-state index contributed by atoms with van der Waals surface area (Å²) in [4.78, 5) is 17.0. The molecule has 0 radical (unpaired) electrons. The van der Waals surface area contributed by atoms with Crippen molar-refractivity contribution in [1.29, 1.82) is 0 Å². The molecule has 0 amide bonds. The van der Waals surface area contributed by atoms with E-state index in [-0.39, 0.29) is 13.0 Å². The molecule has 0 aliphatic heterocycles. The molecule has 0 bridgehead atoms. The van der Waals surface area contributed by atoms with Gasteiger partial charge in [0.15, 0.2) is 0 Å². The lowest BCUT2D eigenvalue weighted by molar-refractivity contribution is -0.136. The quantitative estimate of drug-likeness (QED) is 0.572. The van der Waals surface area contributed by atoms with Crippen LogP contribution in [0.4, 0.5) is 0 Å². The van der Waals surface area contributed by atoms with Gasteiger partial charge in [-0.2, -0.15) is 0 Å². The third-order valence-electron chi connectivity index (χ3n) is 1.36. The lowest BCUT2D eigenvalue weighted by Crippen LogP contribution is -2.00. The van der Waals surface area contributed by atoms with E-state index in [1.807, 2.05) is 0 Å². The number of aromatic nitrogens is 2. The van der Waals surface area contributed by atoms with Crippen LogP contribution in [0.2, 0.25) is 0 Å². The molecule has 1 heterocycles. The second-order valence-corrected chi connectivity index (χ2v) is 2.38. The van der Waals surface area contributed by atoms with Gasteiger partial charge in [-0.25, -0.2) is 4.98 Å². The number of aliphatic hydroxyl groups is 1. The van der Waals surface area contributed by atoms with Crippen LogP contribution < -0.4 is 0 Å². The largest absolute Gasteiger partial charge is 0.481 e. The molecule has 0 spiro atoms. The maximum Gasteiger partial charge on any atom is 0.309 e. The number of H-pyrrole nitrogens is 1. The fourth-order valence-electron chi connectivity index (χ4n) is 0.884. The number of carboxylic acid groups (broad SMARTS) is 1. The topological polar surface area (TPSA) is 86.2 Å². The lowest BCUT2D eigenvalue weighted by Gasteiger charge is -1.88. The number of aliphatic hydroxyl groups excluding tert-OH is 1. The normalized spacial score (nSPS) is 10.1. The molecule has 0 unspecified atom stereocenters. The first-order chi connectivity index (χ1) is 5.72. The predicted molar refractivity (Wildman–Crippen MR) is 40.7 cm³/mol. The minimum Gasteiger partial charge on any atom is -0.481 e. The maximum absolute atomic E-state index is 10.2. The molecule has 5 nitrogen and oxygen atoms in total. The number of hydrogen-bond acceptors (Lipinski definition) is 3. The minimum absolute atomic E-state index is 0.0139. The van der Waals surface area contributed by atoms with Crippen molar-refractivity contribution in [2.24, 2.45) is 0 Å². The first-order valence-electron chi connectivity index (χ1n) is 3.58. The zero-order chi connectivity index (χ0) is 8.97. The van der Waals surface area contributed by atoms with Crippen molar-refractivity contribution in [2.75, 3.05) is 6.61 Å². The third kappa shape index (κ3) is 2.35. The van der Waals surface area contributed by atoms with E-state index in [0.29, 0.717) is 17.9 Å². The number of imidazole rings is 1. The second kappa shape index (κ2) is 3.87. The summed E-state index contributed by atoms with van der Waals surface area (Å²) in [7, 11) is 0. The highest BCUT2D eigenvalue weighted by molar-refractivity contribution is 5.69. The van der Waals surface area contributed by atoms with E-state index in [4.69, 9.17) is 10.2 Å². The molecule has 3 N–H and O–H groups in total. The first-order valence-corrected chi connectivity index (χ1v) is 3.58. The van der Waals surface area contributed by atoms with Gasteiger partial charge in [0.1, 0.15) is 5.82 Å². The second-order valence-electron chi connectivity index (χ2n) is 2.38. The Morgan fingerprint density at radius 1 is 1.67 bits per heavy atom. The average Bonchev–Trinajstić information content (AvgIpc) is 2.36. The number of carboxylic acids is 1. The molecule has 0 aliphatic rings. The van der Waals surface area contributed by atoms with E-state index in [1.165, 1.54) is 0 Å². The predicted octanol–water partition coefficient (Wildman–Crippen LogP) is -0.428. The van der Waals surface area contributed by atoms with E-state index in [9.17, 15) is 4.79 Å². The molecule has 66 valence electrons. The average molecular weight is 170 g/mol. The summed E-state index contributed by atoms with van der Waals surface area (Å²) >= 11 is 0. The molecular weight excluding hydrogens is 160 g/mol. The van der Waals surface area contributed by atoms with E-state index in [1.54, 1.807) is 6.20 Å². The maximum atomic E-state index is 10.2. The summed E-state index contributed by atoms with van der Waals surface area (Å²) < 4.78 is 0. The molecule has 0 saturated heterocycles. The fraction of sp³-hybridized carbons (Fsp3) is 0.429. The van der Waals surface area contributed by atoms with Gasteiger partial charge in [0.2, 0.25) is 0 Å². The Kier molecular flexibility index (Phi) is 2.82. The van der Waals surface area contributed by atoms with Crippen molar-refractivity contribution < 1.29 is 15.0 Å². The minimum atomic E-state index is -0.906. The molecule has 5 heteroatoms. The van der Waals surface area contributed by atoms with Gasteiger partial charge in [0, 0.05) is 12.6 Å². The van der Waals surface area contributed by atoms with E-state index in [0.717, 1.165) is 0 Å². The highest BCUT2D eigenvalue weighted by Crippen LogP contribution is 1.98. The number of rotatable bonds is 4. The Bertz CT molecular complexity index is 269. The van der Waals surface area contributed by atoms with E-state index < -0.39 is 5.97 Å². The van der Waals surface area contributed by atoms with Crippen LogP contribution in [-0.4, -0.2) is 32.8 Å². The smallest absolute Gasteiger partial charge is 0.309 e. The van der Waals surface area contributed by atoms with Crippen molar-refractivity contribution in [2.45, 2.75) is 12.8 Å². The molecule has 1 aromatic rings. The third-order valence-corrected chi connectivity index (χ3v) is 1.36. The fourth-order valence-corrected chi connectivity index (χ4v) is 0.884. The van der Waals surface area contributed by atoms with Gasteiger partial charge >= 0.3 is 5.97 Å². The van der Waals surface area contributed by atoms with Crippen molar-refractivity contribution in [3.8, 4) is 0 Å². The highest BCUT2D eigenvalue weighted by Gasteiger charge is 2.04. The molecular formula is C7H10N2O3. The zero-order valence-electron chi connectivity index (χ0n) is 6.45. The summed E-state index contributed by atoms with van der Waals surface area (Å²) in [6, 6.07) is 0. The number of hydrogen-bond donors (Lipinski definition) is 3. The van der Waals surface area contributed by atoms with Gasteiger partial charge in [-0.05, 0) is 0 Å². The Labute approximate surface area is 69.1 Å². The highest BCUT2D eigenvalue weighted by atomic mass is 16.4. The van der Waals surface area contributed by atoms with Gasteiger partial charge in [-0.3, -0.25) is 4.79 Å². The van der Waals surface area contributed by atoms with Crippen LogP contribution in [0.15, 0.2) is 6.20 Å². The van der Waals surface area contributed by atoms with Crippen molar-refractivity contribution >= 4 is 5.97 Å². The molecule has 0 aromatic carbocycles. The molecule has 1 aromatic heterocycles. The van der Waals surface area contributed by atoms with Crippen molar-refractivity contribution in [3.63, 3.8) is 0 Å². The summed E-state index contributed by atoms with van der Waals surface area (Å²) in [6.07, 6.45) is 1.89. The zero-order valence-corrected chi connectivity index (χ0v) is 6.45. The summed E-state index contributed by atoms with van der Waals surface area (Å²) in [5, 5.41) is 16.9. The summed E-state index contributed by atoms with van der Waals surface area (Å²) in [5.41, 5.74) is 0.492. The van der Waals surface area contributed by atoms with Crippen molar-refractivity contribution in [3.05, 3.63) is 17.7 Å². The van der Waals surface area contributed by atoms with Gasteiger partial charge in [-0.15, -0.1) is 0 Å². The van der Waals surface area contributed by atoms with Gasteiger partial charge in [0.25, 0.3) is 0 Å².